The lowest BCUT2D eigenvalue weighted by molar-refractivity contribution is -0.116. The van der Waals surface area contributed by atoms with E-state index in [-0.39, 0.29) is 17.8 Å². The van der Waals surface area contributed by atoms with Crippen molar-refractivity contribution in [1.82, 2.24) is 0 Å². The SMILES string of the molecule is CC(C)CC(=O)Nc1ccc(N=C(N)N=C(N)N)cc1. The minimum absolute atomic E-state index is 0.0173. The lowest BCUT2D eigenvalue weighted by Crippen LogP contribution is -2.26. The van der Waals surface area contributed by atoms with E-state index < -0.39 is 0 Å². The molecule has 20 heavy (non-hydrogen) atoms. The first-order valence-electron chi connectivity index (χ1n) is 6.20. The van der Waals surface area contributed by atoms with E-state index in [4.69, 9.17) is 17.2 Å². The zero-order valence-corrected chi connectivity index (χ0v) is 11.6. The van der Waals surface area contributed by atoms with Crippen LogP contribution in [0.2, 0.25) is 0 Å². The first kappa shape index (κ1) is 15.5. The van der Waals surface area contributed by atoms with Crippen molar-refractivity contribution < 1.29 is 4.79 Å². The second-order valence-electron chi connectivity index (χ2n) is 4.70. The van der Waals surface area contributed by atoms with Gasteiger partial charge in [0.2, 0.25) is 11.9 Å². The van der Waals surface area contributed by atoms with Crippen LogP contribution in [0.1, 0.15) is 20.3 Å². The highest BCUT2D eigenvalue weighted by Crippen LogP contribution is 2.17. The Kier molecular flexibility index (Phi) is 5.52. The molecule has 7 heteroatoms. The van der Waals surface area contributed by atoms with Gasteiger partial charge in [-0.15, -0.1) is 0 Å². The molecule has 0 saturated carbocycles. The van der Waals surface area contributed by atoms with Gasteiger partial charge in [0.15, 0.2) is 5.96 Å². The number of nitrogens with one attached hydrogen (secondary N) is 1. The summed E-state index contributed by atoms with van der Waals surface area (Å²) in [6.07, 6.45) is 0.483. The van der Waals surface area contributed by atoms with Gasteiger partial charge < -0.3 is 22.5 Å². The summed E-state index contributed by atoms with van der Waals surface area (Å²) in [6.45, 7) is 3.98. The smallest absolute Gasteiger partial charge is 0.224 e. The maximum atomic E-state index is 11.6. The molecule has 1 aromatic rings. The molecule has 0 aliphatic carbocycles. The van der Waals surface area contributed by atoms with E-state index in [9.17, 15) is 4.79 Å². The number of nitrogens with zero attached hydrogens (tertiary/aromatic N) is 2. The zero-order valence-electron chi connectivity index (χ0n) is 11.6. The van der Waals surface area contributed by atoms with Gasteiger partial charge >= 0.3 is 0 Å². The second kappa shape index (κ2) is 7.13. The third-order valence-electron chi connectivity index (χ3n) is 2.23. The number of amides is 1. The number of hydrogen-bond acceptors (Lipinski definition) is 2. The molecular formula is C13H20N6O. The zero-order chi connectivity index (χ0) is 15.1. The average molecular weight is 276 g/mol. The van der Waals surface area contributed by atoms with E-state index in [1.165, 1.54) is 0 Å². The average Bonchev–Trinajstić information content (AvgIpc) is 2.29. The monoisotopic (exact) mass is 276 g/mol. The molecule has 1 amide bonds. The number of benzene rings is 1. The fourth-order valence-electron chi connectivity index (χ4n) is 1.49. The number of guanidine groups is 2. The molecule has 0 aliphatic rings. The predicted octanol–water partition coefficient (Wildman–Crippen LogP) is 0.891. The minimum Gasteiger partial charge on any atom is -0.370 e. The largest absolute Gasteiger partial charge is 0.370 e. The van der Waals surface area contributed by atoms with Crippen LogP contribution in [0.4, 0.5) is 11.4 Å². The van der Waals surface area contributed by atoms with Crippen LogP contribution in [0.25, 0.3) is 0 Å². The minimum atomic E-state index is -0.149. The number of hydrogen-bond donors (Lipinski definition) is 4. The first-order valence-corrected chi connectivity index (χ1v) is 6.20. The van der Waals surface area contributed by atoms with Crippen molar-refractivity contribution >= 4 is 29.2 Å². The molecule has 0 aliphatic heterocycles. The number of anilines is 1. The predicted molar refractivity (Wildman–Crippen MR) is 81.6 cm³/mol. The molecule has 1 rings (SSSR count). The van der Waals surface area contributed by atoms with Crippen molar-refractivity contribution in [2.75, 3.05) is 5.32 Å². The number of aliphatic imine (C=N–C) groups is 2. The second-order valence-corrected chi connectivity index (χ2v) is 4.70. The molecule has 108 valence electrons. The van der Waals surface area contributed by atoms with Crippen molar-refractivity contribution in [3.8, 4) is 0 Å². The molecule has 0 atom stereocenters. The molecule has 7 nitrogen and oxygen atoms in total. The van der Waals surface area contributed by atoms with Gasteiger partial charge in [-0.2, -0.15) is 4.99 Å². The third-order valence-corrected chi connectivity index (χ3v) is 2.23. The van der Waals surface area contributed by atoms with E-state index in [0.29, 0.717) is 23.7 Å². The summed E-state index contributed by atoms with van der Waals surface area (Å²) < 4.78 is 0. The Morgan fingerprint density at radius 2 is 1.80 bits per heavy atom. The van der Waals surface area contributed by atoms with E-state index in [1.54, 1.807) is 24.3 Å². The van der Waals surface area contributed by atoms with Crippen LogP contribution in [0.15, 0.2) is 34.3 Å². The molecule has 0 heterocycles. The Balaban J connectivity index is 2.70. The van der Waals surface area contributed by atoms with Gasteiger partial charge in [-0.1, -0.05) is 13.8 Å². The third kappa shape index (κ3) is 5.85. The Bertz CT molecular complexity index is 514. The van der Waals surface area contributed by atoms with Gasteiger partial charge in [0.25, 0.3) is 0 Å². The van der Waals surface area contributed by atoms with Crippen molar-refractivity contribution in [3.05, 3.63) is 24.3 Å². The van der Waals surface area contributed by atoms with Crippen molar-refractivity contribution in [1.29, 1.82) is 0 Å². The van der Waals surface area contributed by atoms with Crippen molar-refractivity contribution in [2.45, 2.75) is 20.3 Å². The fraction of sp³-hybridized carbons (Fsp3) is 0.308. The normalized spacial score (nSPS) is 11.2. The van der Waals surface area contributed by atoms with E-state index in [0.717, 1.165) is 0 Å². The summed E-state index contributed by atoms with van der Waals surface area (Å²) in [5.74, 6) is 0.125. The van der Waals surface area contributed by atoms with Gasteiger partial charge in [0, 0.05) is 12.1 Å². The maximum absolute atomic E-state index is 11.6. The molecule has 0 aromatic heterocycles. The lowest BCUT2D eigenvalue weighted by Gasteiger charge is -2.07. The molecule has 0 saturated heterocycles. The molecule has 0 unspecified atom stereocenters. The molecule has 0 radical (unpaired) electrons. The molecule has 0 spiro atoms. The van der Waals surface area contributed by atoms with Crippen LogP contribution >= 0.6 is 0 Å². The molecule has 7 N–H and O–H groups in total. The number of rotatable bonds is 4. The van der Waals surface area contributed by atoms with Crippen molar-refractivity contribution in [2.24, 2.45) is 33.1 Å². The van der Waals surface area contributed by atoms with Gasteiger partial charge in [-0.3, -0.25) is 4.79 Å². The standard InChI is InChI=1S/C13H20N6O/c1-8(2)7-11(20)17-9-3-5-10(6-4-9)18-13(16)19-12(14)15/h3-6,8H,7H2,1-2H3,(H,17,20)(H6,14,15,16,18,19). The topological polar surface area (TPSA) is 132 Å². The molecular weight excluding hydrogens is 256 g/mol. The number of nitrogens with two attached hydrogens (primary N) is 3. The van der Waals surface area contributed by atoms with Gasteiger partial charge in [-0.05, 0) is 30.2 Å². The summed E-state index contributed by atoms with van der Waals surface area (Å²) in [4.78, 5) is 19.2. The van der Waals surface area contributed by atoms with Gasteiger partial charge in [0.1, 0.15) is 0 Å². The number of carbonyl (C=O) groups is 1. The lowest BCUT2D eigenvalue weighted by atomic mass is 10.1. The van der Waals surface area contributed by atoms with Crippen LogP contribution in [-0.4, -0.2) is 17.8 Å². The highest BCUT2D eigenvalue weighted by Gasteiger charge is 2.05. The molecule has 1 aromatic carbocycles. The van der Waals surface area contributed by atoms with Crippen LogP contribution < -0.4 is 22.5 Å². The van der Waals surface area contributed by atoms with Crippen LogP contribution in [0.3, 0.4) is 0 Å². The summed E-state index contributed by atoms with van der Waals surface area (Å²) in [7, 11) is 0. The van der Waals surface area contributed by atoms with Crippen molar-refractivity contribution in [3.63, 3.8) is 0 Å². The maximum Gasteiger partial charge on any atom is 0.224 e. The summed E-state index contributed by atoms with van der Waals surface area (Å²) >= 11 is 0. The Morgan fingerprint density at radius 1 is 1.20 bits per heavy atom. The van der Waals surface area contributed by atoms with Crippen LogP contribution in [-0.2, 0) is 4.79 Å². The molecule has 0 fully saturated rings. The Labute approximate surface area is 118 Å². The summed E-state index contributed by atoms with van der Waals surface area (Å²) in [6, 6.07) is 6.89. The van der Waals surface area contributed by atoms with E-state index in [1.807, 2.05) is 13.8 Å². The Morgan fingerprint density at radius 3 is 2.30 bits per heavy atom. The van der Waals surface area contributed by atoms with E-state index in [2.05, 4.69) is 15.3 Å². The van der Waals surface area contributed by atoms with E-state index >= 15 is 0 Å². The quantitative estimate of drug-likeness (QED) is 0.480. The fourth-order valence-corrected chi connectivity index (χ4v) is 1.49. The Hall–Kier alpha value is -2.57. The first-order chi connectivity index (χ1) is 9.36. The highest BCUT2D eigenvalue weighted by molar-refractivity contribution is 5.94. The van der Waals surface area contributed by atoms with Gasteiger partial charge in [0.05, 0.1) is 5.69 Å². The van der Waals surface area contributed by atoms with Crippen LogP contribution in [0, 0.1) is 5.92 Å². The summed E-state index contributed by atoms with van der Waals surface area (Å²) in [5.41, 5.74) is 17.2. The number of carbonyl (C=O) groups excluding carboxylic acids is 1. The van der Waals surface area contributed by atoms with Gasteiger partial charge in [-0.25, -0.2) is 4.99 Å². The molecule has 0 bridgehead atoms. The highest BCUT2D eigenvalue weighted by atomic mass is 16.1. The van der Waals surface area contributed by atoms with Crippen LogP contribution in [0.5, 0.6) is 0 Å². The summed E-state index contributed by atoms with van der Waals surface area (Å²) in [5, 5.41) is 2.80.